The van der Waals surface area contributed by atoms with Crippen LogP contribution in [0.15, 0.2) is 36.4 Å². The lowest BCUT2D eigenvalue weighted by Gasteiger charge is -2.15. The van der Waals surface area contributed by atoms with Crippen molar-refractivity contribution in [3.05, 3.63) is 41.4 Å². The van der Waals surface area contributed by atoms with Crippen LogP contribution < -0.4 is 10.1 Å². The molecule has 0 amide bonds. The molecule has 0 aliphatic carbocycles. The Morgan fingerprint density at radius 1 is 1.07 bits per heavy atom. The normalized spacial score (nSPS) is 12.4. The molecule has 2 N–H and O–H groups in total. The number of benzene rings is 2. The zero-order chi connectivity index (χ0) is 19.9. The highest BCUT2D eigenvalue weighted by molar-refractivity contribution is 6.31. The van der Waals surface area contributed by atoms with Crippen molar-refractivity contribution in [2.24, 2.45) is 5.92 Å². The Hall–Kier alpha value is -2.08. The smallest absolute Gasteiger partial charge is 0.119 e. The highest BCUT2D eigenvalue weighted by atomic mass is 35.5. The van der Waals surface area contributed by atoms with Gasteiger partial charge in [0.2, 0.25) is 0 Å². The van der Waals surface area contributed by atoms with Gasteiger partial charge >= 0.3 is 0 Å². The number of hydrogen-bond donors (Lipinski definition) is 2. The number of pyridine rings is 1. The number of methoxy groups -OCH3 is 2. The number of aliphatic hydroxyl groups excluding tert-OH is 1. The molecule has 0 aliphatic heterocycles. The van der Waals surface area contributed by atoms with Gasteiger partial charge < -0.3 is 19.9 Å². The van der Waals surface area contributed by atoms with Crippen LogP contribution in [-0.4, -0.2) is 44.1 Å². The topological polar surface area (TPSA) is 63.6 Å². The molecule has 0 bridgehead atoms. The standard InChI is InChI=1S/C22H27ClN2O3/c1-27-14-15(13-26)5-3-4-10-24-22-18-8-6-16(23)11-21(18)25-20-9-7-17(28-2)12-19(20)22/h6-9,11-12,15,26H,3-5,10,13-14H2,1-2H3,(H,24,25). The number of hydrogen-bond acceptors (Lipinski definition) is 5. The van der Waals surface area contributed by atoms with Crippen molar-refractivity contribution in [2.45, 2.75) is 19.3 Å². The first-order valence-corrected chi connectivity index (χ1v) is 9.94. The molecule has 0 saturated heterocycles. The summed E-state index contributed by atoms with van der Waals surface area (Å²) in [4.78, 5) is 4.75. The molecule has 0 radical (unpaired) electrons. The quantitative estimate of drug-likeness (QED) is 0.373. The van der Waals surface area contributed by atoms with E-state index in [1.165, 1.54) is 0 Å². The number of unbranched alkanes of at least 4 members (excludes halogenated alkanes) is 1. The Balaban J connectivity index is 1.81. The predicted molar refractivity (Wildman–Crippen MR) is 116 cm³/mol. The molecule has 1 aromatic heterocycles. The average molecular weight is 403 g/mol. The molecule has 1 heterocycles. The molecule has 1 unspecified atom stereocenters. The minimum absolute atomic E-state index is 0.168. The van der Waals surface area contributed by atoms with E-state index in [2.05, 4.69) is 5.32 Å². The highest BCUT2D eigenvalue weighted by Gasteiger charge is 2.11. The molecule has 0 spiro atoms. The first-order valence-electron chi connectivity index (χ1n) is 9.57. The maximum atomic E-state index is 9.37. The van der Waals surface area contributed by atoms with Crippen LogP contribution in [0, 0.1) is 5.92 Å². The van der Waals surface area contributed by atoms with Crippen molar-refractivity contribution in [3.63, 3.8) is 0 Å². The molecule has 150 valence electrons. The van der Waals surface area contributed by atoms with Gasteiger partial charge in [-0.3, -0.25) is 0 Å². The van der Waals surface area contributed by atoms with Crippen molar-refractivity contribution in [1.29, 1.82) is 0 Å². The van der Waals surface area contributed by atoms with E-state index in [-0.39, 0.29) is 12.5 Å². The third kappa shape index (κ3) is 4.85. The Morgan fingerprint density at radius 3 is 2.68 bits per heavy atom. The third-order valence-electron chi connectivity index (χ3n) is 4.94. The van der Waals surface area contributed by atoms with E-state index in [1.54, 1.807) is 14.2 Å². The summed E-state index contributed by atoms with van der Waals surface area (Å²) in [6.07, 6.45) is 2.98. The fourth-order valence-corrected chi connectivity index (χ4v) is 3.61. The Bertz CT molecular complexity index is 932. The minimum atomic E-state index is 0.168. The molecule has 0 aliphatic rings. The molecule has 2 aromatic carbocycles. The molecule has 28 heavy (non-hydrogen) atoms. The summed E-state index contributed by atoms with van der Waals surface area (Å²) < 4.78 is 10.5. The van der Waals surface area contributed by atoms with Crippen LogP contribution in [0.3, 0.4) is 0 Å². The molecule has 3 aromatic rings. The second-order valence-electron chi connectivity index (χ2n) is 6.96. The number of aliphatic hydroxyl groups is 1. The number of rotatable bonds is 10. The van der Waals surface area contributed by atoms with Crippen LogP contribution in [0.25, 0.3) is 21.8 Å². The second-order valence-corrected chi connectivity index (χ2v) is 7.39. The molecular formula is C22H27ClN2O3. The molecule has 6 heteroatoms. The van der Waals surface area contributed by atoms with Crippen LogP contribution in [0.4, 0.5) is 5.69 Å². The van der Waals surface area contributed by atoms with Gasteiger partial charge in [-0.1, -0.05) is 18.0 Å². The first kappa shape index (κ1) is 20.6. The van der Waals surface area contributed by atoms with Crippen LogP contribution in [-0.2, 0) is 4.74 Å². The van der Waals surface area contributed by atoms with Crippen LogP contribution in [0.1, 0.15) is 19.3 Å². The molecule has 5 nitrogen and oxygen atoms in total. The van der Waals surface area contributed by atoms with Gasteiger partial charge in [-0.05, 0) is 49.2 Å². The largest absolute Gasteiger partial charge is 0.497 e. The van der Waals surface area contributed by atoms with Crippen molar-refractivity contribution >= 4 is 39.1 Å². The summed E-state index contributed by atoms with van der Waals surface area (Å²) in [5, 5.41) is 15.7. The fraction of sp³-hybridized carbons (Fsp3) is 0.409. The minimum Gasteiger partial charge on any atom is -0.497 e. The lowest BCUT2D eigenvalue weighted by atomic mass is 10.0. The monoisotopic (exact) mass is 402 g/mol. The van der Waals surface area contributed by atoms with Crippen molar-refractivity contribution in [2.75, 3.05) is 39.3 Å². The van der Waals surface area contributed by atoms with E-state index in [1.807, 2.05) is 36.4 Å². The summed E-state index contributed by atoms with van der Waals surface area (Å²) in [6.45, 7) is 1.60. The number of ether oxygens (including phenoxy) is 2. The van der Waals surface area contributed by atoms with Gasteiger partial charge in [0.1, 0.15) is 5.75 Å². The lowest BCUT2D eigenvalue weighted by molar-refractivity contribution is 0.104. The number of nitrogens with one attached hydrogen (secondary N) is 1. The number of halogens is 1. The van der Waals surface area contributed by atoms with E-state index in [4.69, 9.17) is 26.1 Å². The summed E-state index contributed by atoms with van der Waals surface area (Å²) in [6, 6.07) is 11.7. The summed E-state index contributed by atoms with van der Waals surface area (Å²) in [5.74, 6) is 1.01. The zero-order valence-electron chi connectivity index (χ0n) is 16.4. The van der Waals surface area contributed by atoms with Crippen molar-refractivity contribution < 1.29 is 14.6 Å². The average Bonchev–Trinajstić information content (AvgIpc) is 2.71. The van der Waals surface area contributed by atoms with E-state index in [9.17, 15) is 5.11 Å². The van der Waals surface area contributed by atoms with Gasteiger partial charge in [0.25, 0.3) is 0 Å². The van der Waals surface area contributed by atoms with Crippen molar-refractivity contribution in [1.82, 2.24) is 4.98 Å². The van der Waals surface area contributed by atoms with Gasteiger partial charge in [0.15, 0.2) is 0 Å². The predicted octanol–water partition coefficient (Wildman–Crippen LogP) is 4.89. The zero-order valence-corrected chi connectivity index (χ0v) is 17.1. The second kappa shape index (κ2) is 9.92. The molecule has 3 rings (SSSR count). The van der Waals surface area contributed by atoms with E-state index in [0.29, 0.717) is 11.6 Å². The molecular weight excluding hydrogens is 376 g/mol. The molecule has 0 saturated carbocycles. The number of anilines is 1. The lowest BCUT2D eigenvalue weighted by Crippen LogP contribution is -2.13. The third-order valence-corrected chi connectivity index (χ3v) is 5.18. The highest BCUT2D eigenvalue weighted by Crippen LogP contribution is 2.34. The van der Waals surface area contributed by atoms with Gasteiger partial charge in [0, 0.05) is 42.0 Å². The number of nitrogens with zero attached hydrogens (tertiary/aromatic N) is 1. The Labute approximate surface area is 170 Å². The fourth-order valence-electron chi connectivity index (χ4n) is 3.45. The summed E-state index contributed by atoms with van der Waals surface area (Å²) in [7, 11) is 3.34. The Kier molecular flexibility index (Phi) is 7.31. The van der Waals surface area contributed by atoms with E-state index in [0.717, 1.165) is 59.0 Å². The van der Waals surface area contributed by atoms with E-state index >= 15 is 0 Å². The SMILES string of the molecule is COCC(CO)CCCCNc1c2ccc(Cl)cc2nc2ccc(OC)cc12. The summed E-state index contributed by atoms with van der Waals surface area (Å²) >= 11 is 6.17. The number of fused-ring (bicyclic) bond motifs is 2. The van der Waals surface area contributed by atoms with Crippen LogP contribution >= 0.6 is 11.6 Å². The number of aromatic nitrogens is 1. The van der Waals surface area contributed by atoms with Crippen molar-refractivity contribution in [3.8, 4) is 5.75 Å². The Morgan fingerprint density at radius 2 is 1.93 bits per heavy atom. The maximum Gasteiger partial charge on any atom is 0.119 e. The van der Waals surface area contributed by atoms with Crippen LogP contribution in [0.2, 0.25) is 5.02 Å². The van der Waals surface area contributed by atoms with Crippen LogP contribution in [0.5, 0.6) is 5.75 Å². The summed E-state index contributed by atoms with van der Waals surface area (Å²) in [5.41, 5.74) is 2.82. The van der Waals surface area contributed by atoms with Gasteiger partial charge in [-0.15, -0.1) is 0 Å². The van der Waals surface area contributed by atoms with Gasteiger partial charge in [-0.2, -0.15) is 0 Å². The maximum absolute atomic E-state index is 9.37. The van der Waals surface area contributed by atoms with E-state index < -0.39 is 0 Å². The molecule has 1 atom stereocenters. The molecule has 0 fully saturated rings. The first-order chi connectivity index (χ1) is 13.7. The van der Waals surface area contributed by atoms with Gasteiger partial charge in [-0.25, -0.2) is 4.98 Å². The van der Waals surface area contributed by atoms with Gasteiger partial charge in [0.05, 0.1) is 30.4 Å².